The molecule has 0 rings (SSSR count). The van der Waals surface area contributed by atoms with Crippen LogP contribution < -0.4 is 0 Å². The fraction of sp³-hybridized carbons (Fsp3) is 1.00. The van der Waals surface area contributed by atoms with Crippen molar-refractivity contribution in [1.82, 2.24) is 0 Å². The molecule has 0 aliphatic rings. The predicted octanol–water partition coefficient (Wildman–Crippen LogP) is 4.36. The van der Waals surface area contributed by atoms with Crippen LogP contribution in [0.15, 0.2) is 0 Å². The maximum absolute atomic E-state index is 5.96. The highest BCUT2D eigenvalue weighted by Crippen LogP contribution is 2.25. The summed E-state index contributed by atoms with van der Waals surface area (Å²) in [5.41, 5.74) is 0. The Hall–Kier alpha value is 0.0569. The minimum absolute atomic E-state index is 0.676. The molecule has 0 amide bonds. The molecule has 0 aliphatic carbocycles. The van der Waals surface area contributed by atoms with Crippen molar-refractivity contribution >= 4 is 10.5 Å². The fourth-order valence-corrected chi connectivity index (χ4v) is 2.30. The summed E-state index contributed by atoms with van der Waals surface area (Å²) in [5.74, 6) is -0.833. The molecule has 5 heteroatoms. The monoisotopic (exact) mass is 331 g/mol. The quantitative estimate of drug-likeness (QED) is 0.225. The summed E-state index contributed by atoms with van der Waals surface area (Å²) < 4.78 is 22.8. The molecule has 0 saturated carbocycles. The smallest absolute Gasteiger partial charge is 0.282 e. The Bertz CT molecular complexity index is 205. The molecule has 0 aromatic rings. The summed E-state index contributed by atoms with van der Waals surface area (Å²) in [6, 6.07) is 0. The molecular formula is C17H35O4Si. The van der Waals surface area contributed by atoms with Gasteiger partial charge in [0.05, 0.1) is 19.8 Å². The van der Waals surface area contributed by atoms with Gasteiger partial charge in [0.25, 0.3) is 5.97 Å². The van der Waals surface area contributed by atoms with Crippen molar-refractivity contribution in [3.63, 3.8) is 0 Å². The lowest BCUT2D eigenvalue weighted by Gasteiger charge is -2.33. The van der Waals surface area contributed by atoms with Gasteiger partial charge in [-0.2, -0.15) is 0 Å². The van der Waals surface area contributed by atoms with Crippen molar-refractivity contribution in [3.8, 4) is 0 Å². The molecule has 0 unspecified atom stereocenters. The Morgan fingerprint density at radius 1 is 0.636 bits per heavy atom. The molecule has 0 aromatic carbocycles. The van der Waals surface area contributed by atoms with E-state index in [-0.39, 0.29) is 0 Å². The van der Waals surface area contributed by atoms with Crippen molar-refractivity contribution < 1.29 is 18.6 Å². The zero-order valence-corrected chi connectivity index (χ0v) is 15.8. The van der Waals surface area contributed by atoms with Crippen LogP contribution in [0.1, 0.15) is 78.6 Å². The third-order valence-corrected chi connectivity index (χ3v) is 3.51. The molecule has 3 radical (unpaired) electrons. The van der Waals surface area contributed by atoms with E-state index < -0.39 is 5.97 Å². The summed E-state index contributed by atoms with van der Waals surface area (Å²) in [4.78, 5) is 0. The first-order chi connectivity index (χ1) is 10.7. The Labute approximate surface area is 140 Å². The molecule has 0 spiro atoms. The maximum Gasteiger partial charge on any atom is 0.282 e. The lowest BCUT2D eigenvalue weighted by molar-refractivity contribution is -0.383. The van der Waals surface area contributed by atoms with Crippen LogP contribution in [0.25, 0.3) is 0 Å². The minimum Gasteiger partial charge on any atom is -0.419 e. The summed E-state index contributed by atoms with van der Waals surface area (Å²) >= 11 is 0. The molecule has 0 saturated heterocycles. The van der Waals surface area contributed by atoms with Crippen molar-refractivity contribution in [2.45, 2.75) is 84.5 Å². The van der Waals surface area contributed by atoms with Gasteiger partial charge in [-0.25, -0.2) is 0 Å². The van der Waals surface area contributed by atoms with E-state index >= 15 is 0 Å². The van der Waals surface area contributed by atoms with E-state index in [4.69, 9.17) is 18.6 Å². The first kappa shape index (κ1) is 22.1. The van der Waals surface area contributed by atoms with Gasteiger partial charge in [-0.15, -0.1) is 0 Å². The normalized spacial score (nSPS) is 12.0. The van der Waals surface area contributed by atoms with E-state index in [9.17, 15) is 0 Å². The summed E-state index contributed by atoms with van der Waals surface area (Å²) in [6.07, 6.45) is 9.45. The van der Waals surface area contributed by atoms with Gasteiger partial charge in [-0.1, -0.05) is 40.0 Å². The van der Waals surface area contributed by atoms with Gasteiger partial charge in [-0.3, -0.25) is 0 Å². The molecule has 0 heterocycles. The van der Waals surface area contributed by atoms with Crippen molar-refractivity contribution in [2.24, 2.45) is 0 Å². The molecule has 0 atom stereocenters. The van der Waals surface area contributed by atoms with Gasteiger partial charge in [0.1, 0.15) is 0 Å². The van der Waals surface area contributed by atoms with Gasteiger partial charge in [0, 0.05) is 13.0 Å². The van der Waals surface area contributed by atoms with Crippen molar-refractivity contribution in [1.29, 1.82) is 0 Å². The summed E-state index contributed by atoms with van der Waals surface area (Å²) in [7, 11) is 3.03. The van der Waals surface area contributed by atoms with E-state index in [1.807, 2.05) is 0 Å². The second kappa shape index (κ2) is 15.9. The third-order valence-electron chi connectivity index (χ3n) is 3.31. The molecule has 0 aromatic heterocycles. The van der Waals surface area contributed by atoms with Crippen LogP contribution in [0.5, 0.6) is 0 Å². The topological polar surface area (TPSA) is 36.9 Å². The molecule has 22 heavy (non-hydrogen) atoms. The van der Waals surface area contributed by atoms with E-state index in [0.717, 1.165) is 45.1 Å². The molecule has 0 aliphatic heterocycles. The molecule has 0 bridgehead atoms. The Morgan fingerprint density at radius 2 is 1.09 bits per heavy atom. The molecule has 0 fully saturated rings. The van der Waals surface area contributed by atoms with E-state index in [0.29, 0.717) is 19.8 Å². The highest BCUT2D eigenvalue weighted by atomic mass is 28.2. The van der Waals surface area contributed by atoms with Crippen LogP contribution in [0.4, 0.5) is 0 Å². The SMILES string of the molecule is CCCOC(CCCCCCCO[Si])(OCCC)OCCC. The van der Waals surface area contributed by atoms with Crippen LogP contribution in [-0.2, 0) is 18.6 Å². The van der Waals surface area contributed by atoms with Gasteiger partial charge < -0.3 is 18.6 Å². The standard InChI is InChI=1S/C17H35O4Si/c1-4-13-18-17(19-14-5-2,20-15-6-3)12-10-8-7-9-11-16-21-22/h4-16H2,1-3H3. The van der Waals surface area contributed by atoms with Crippen LogP contribution in [0.2, 0.25) is 0 Å². The summed E-state index contributed by atoms with van der Waals surface area (Å²) in [5, 5.41) is 0. The van der Waals surface area contributed by atoms with Crippen molar-refractivity contribution in [2.75, 3.05) is 26.4 Å². The second-order valence-corrected chi connectivity index (χ2v) is 5.88. The zero-order valence-electron chi connectivity index (χ0n) is 14.8. The number of hydrogen-bond acceptors (Lipinski definition) is 4. The molecular weight excluding hydrogens is 296 g/mol. The largest absolute Gasteiger partial charge is 0.419 e. The van der Waals surface area contributed by atoms with Gasteiger partial charge in [0.2, 0.25) is 10.5 Å². The Kier molecular flexibility index (Phi) is 16.0. The lowest BCUT2D eigenvalue weighted by atomic mass is 10.1. The number of ether oxygens (including phenoxy) is 3. The van der Waals surface area contributed by atoms with Crippen molar-refractivity contribution in [3.05, 3.63) is 0 Å². The summed E-state index contributed by atoms with van der Waals surface area (Å²) in [6.45, 7) is 9.13. The fourth-order valence-electron chi connectivity index (χ4n) is 2.16. The van der Waals surface area contributed by atoms with Gasteiger partial charge in [-0.05, 0) is 32.1 Å². The number of hydrogen-bond donors (Lipinski definition) is 0. The number of rotatable bonds is 17. The zero-order chi connectivity index (χ0) is 16.5. The van der Waals surface area contributed by atoms with Gasteiger partial charge in [0.15, 0.2) is 0 Å². The highest BCUT2D eigenvalue weighted by Gasteiger charge is 2.32. The Balaban J connectivity index is 4.21. The third kappa shape index (κ3) is 11.6. The van der Waals surface area contributed by atoms with E-state index in [2.05, 4.69) is 31.3 Å². The van der Waals surface area contributed by atoms with Crippen LogP contribution in [0, 0.1) is 0 Å². The molecule has 4 nitrogen and oxygen atoms in total. The first-order valence-electron chi connectivity index (χ1n) is 8.95. The minimum atomic E-state index is -0.833. The second-order valence-electron chi connectivity index (χ2n) is 5.59. The van der Waals surface area contributed by atoms with Gasteiger partial charge >= 0.3 is 0 Å². The lowest BCUT2D eigenvalue weighted by Crippen LogP contribution is -2.40. The van der Waals surface area contributed by atoms with Crippen LogP contribution in [0.3, 0.4) is 0 Å². The Morgan fingerprint density at radius 3 is 1.55 bits per heavy atom. The molecule has 131 valence electrons. The average molecular weight is 332 g/mol. The van der Waals surface area contributed by atoms with E-state index in [1.54, 1.807) is 0 Å². The van der Waals surface area contributed by atoms with E-state index in [1.165, 1.54) is 19.3 Å². The predicted molar refractivity (Wildman–Crippen MR) is 90.9 cm³/mol. The number of unbranched alkanes of at least 4 members (excludes halogenated alkanes) is 4. The average Bonchev–Trinajstić information content (AvgIpc) is 2.55. The first-order valence-corrected chi connectivity index (χ1v) is 9.35. The maximum atomic E-state index is 5.96. The molecule has 0 N–H and O–H groups in total. The highest BCUT2D eigenvalue weighted by molar-refractivity contribution is 5.97. The van der Waals surface area contributed by atoms with Crippen LogP contribution in [-0.4, -0.2) is 42.9 Å². The van der Waals surface area contributed by atoms with Crippen LogP contribution >= 0.6 is 0 Å².